The Balaban J connectivity index is 1.84. The van der Waals surface area contributed by atoms with Gasteiger partial charge in [-0.15, -0.1) is 0 Å². The van der Waals surface area contributed by atoms with Gasteiger partial charge in [0.15, 0.2) is 0 Å². The van der Waals surface area contributed by atoms with Crippen LogP contribution in [0, 0.1) is 0 Å². The zero-order valence-corrected chi connectivity index (χ0v) is 12.1. The molecule has 1 heterocycles. The predicted molar refractivity (Wildman–Crippen MR) is 79.5 cm³/mol. The van der Waals surface area contributed by atoms with Gasteiger partial charge in [0, 0.05) is 24.5 Å². The molecular weight excluding hydrogens is 234 g/mol. The SMILES string of the molecule is CC(C)(C)NCCc1nc2ccccc2n1C1CC1. The topological polar surface area (TPSA) is 29.9 Å². The van der Waals surface area contributed by atoms with Crippen LogP contribution in [-0.2, 0) is 6.42 Å². The van der Waals surface area contributed by atoms with E-state index in [0.717, 1.165) is 18.5 Å². The molecule has 0 atom stereocenters. The van der Waals surface area contributed by atoms with Crippen LogP contribution < -0.4 is 5.32 Å². The fraction of sp³-hybridized carbons (Fsp3) is 0.562. The maximum atomic E-state index is 4.82. The lowest BCUT2D eigenvalue weighted by Crippen LogP contribution is -2.37. The van der Waals surface area contributed by atoms with Crippen LogP contribution in [-0.4, -0.2) is 21.6 Å². The Morgan fingerprint density at radius 1 is 1.26 bits per heavy atom. The maximum Gasteiger partial charge on any atom is 0.111 e. The lowest BCUT2D eigenvalue weighted by molar-refractivity contribution is 0.425. The number of rotatable bonds is 4. The van der Waals surface area contributed by atoms with Gasteiger partial charge in [-0.25, -0.2) is 4.98 Å². The largest absolute Gasteiger partial charge is 0.325 e. The third-order valence-corrected chi connectivity index (χ3v) is 3.58. The van der Waals surface area contributed by atoms with Gasteiger partial charge in [0.05, 0.1) is 11.0 Å². The highest BCUT2D eigenvalue weighted by molar-refractivity contribution is 5.76. The molecule has 1 N–H and O–H groups in total. The Hall–Kier alpha value is -1.35. The van der Waals surface area contributed by atoms with Crippen molar-refractivity contribution in [2.45, 2.75) is 51.6 Å². The zero-order valence-electron chi connectivity index (χ0n) is 12.1. The van der Waals surface area contributed by atoms with Crippen LogP contribution in [0.15, 0.2) is 24.3 Å². The van der Waals surface area contributed by atoms with Gasteiger partial charge in [0.2, 0.25) is 0 Å². The fourth-order valence-corrected chi connectivity index (χ4v) is 2.56. The molecule has 2 aromatic rings. The minimum absolute atomic E-state index is 0.177. The van der Waals surface area contributed by atoms with E-state index in [4.69, 9.17) is 4.98 Å². The standard InChI is InChI=1S/C16H23N3/c1-16(2,3)17-11-10-15-18-13-6-4-5-7-14(13)19(15)12-8-9-12/h4-7,12,17H,8-11H2,1-3H3. The normalized spacial score (nSPS) is 16.2. The molecule has 1 aliphatic carbocycles. The van der Waals surface area contributed by atoms with Crippen molar-refractivity contribution in [2.75, 3.05) is 6.54 Å². The number of hydrogen-bond acceptors (Lipinski definition) is 2. The molecule has 0 saturated heterocycles. The van der Waals surface area contributed by atoms with Crippen LogP contribution in [0.3, 0.4) is 0 Å². The number of fused-ring (bicyclic) bond motifs is 1. The summed E-state index contributed by atoms with van der Waals surface area (Å²) in [6, 6.07) is 9.19. The zero-order chi connectivity index (χ0) is 13.5. The molecule has 3 heteroatoms. The highest BCUT2D eigenvalue weighted by atomic mass is 15.1. The highest BCUT2D eigenvalue weighted by Gasteiger charge is 2.27. The second kappa shape index (κ2) is 4.64. The van der Waals surface area contributed by atoms with Gasteiger partial charge in [-0.2, -0.15) is 0 Å². The van der Waals surface area contributed by atoms with E-state index in [2.05, 4.69) is 54.9 Å². The molecule has 1 aliphatic rings. The fourth-order valence-electron chi connectivity index (χ4n) is 2.56. The molecule has 1 saturated carbocycles. The molecule has 3 rings (SSSR count). The monoisotopic (exact) mass is 257 g/mol. The van der Waals surface area contributed by atoms with E-state index < -0.39 is 0 Å². The van der Waals surface area contributed by atoms with Gasteiger partial charge in [-0.1, -0.05) is 12.1 Å². The highest BCUT2D eigenvalue weighted by Crippen LogP contribution is 2.38. The molecular formula is C16H23N3. The van der Waals surface area contributed by atoms with Crippen molar-refractivity contribution in [3.8, 4) is 0 Å². The number of nitrogens with zero attached hydrogens (tertiary/aromatic N) is 2. The van der Waals surface area contributed by atoms with Crippen LogP contribution in [0.5, 0.6) is 0 Å². The minimum Gasteiger partial charge on any atom is -0.325 e. The van der Waals surface area contributed by atoms with Crippen molar-refractivity contribution in [3.63, 3.8) is 0 Å². The first-order chi connectivity index (χ1) is 9.04. The van der Waals surface area contributed by atoms with Crippen LogP contribution in [0.1, 0.15) is 45.5 Å². The van der Waals surface area contributed by atoms with Gasteiger partial charge in [-0.3, -0.25) is 0 Å². The van der Waals surface area contributed by atoms with Gasteiger partial charge >= 0.3 is 0 Å². The van der Waals surface area contributed by atoms with E-state index in [1.165, 1.54) is 24.2 Å². The first kappa shape index (κ1) is 12.7. The summed E-state index contributed by atoms with van der Waals surface area (Å²) in [5, 5.41) is 3.55. The summed E-state index contributed by atoms with van der Waals surface area (Å²) in [4.78, 5) is 4.82. The van der Waals surface area contributed by atoms with E-state index in [1.807, 2.05) is 0 Å². The summed E-state index contributed by atoms with van der Waals surface area (Å²) < 4.78 is 2.46. The van der Waals surface area contributed by atoms with E-state index in [9.17, 15) is 0 Å². The summed E-state index contributed by atoms with van der Waals surface area (Å²) in [6.45, 7) is 7.60. The van der Waals surface area contributed by atoms with Crippen LogP contribution in [0.2, 0.25) is 0 Å². The van der Waals surface area contributed by atoms with E-state index in [1.54, 1.807) is 0 Å². The summed E-state index contributed by atoms with van der Waals surface area (Å²) >= 11 is 0. The molecule has 102 valence electrons. The summed E-state index contributed by atoms with van der Waals surface area (Å²) in [7, 11) is 0. The Kier molecular flexibility index (Phi) is 3.09. The van der Waals surface area contributed by atoms with E-state index in [0.29, 0.717) is 6.04 Å². The lowest BCUT2D eigenvalue weighted by atomic mass is 10.1. The van der Waals surface area contributed by atoms with Gasteiger partial charge in [0.1, 0.15) is 5.82 Å². The van der Waals surface area contributed by atoms with Crippen LogP contribution in [0.4, 0.5) is 0 Å². The Labute approximate surface area is 115 Å². The average molecular weight is 257 g/mol. The molecule has 19 heavy (non-hydrogen) atoms. The maximum absolute atomic E-state index is 4.82. The average Bonchev–Trinajstić information content (AvgIpc) is 3.09. The number of hydrogen-bond donors (Lipinski definition) is 1. The van der Waals surface area contributed by atoms with Crippen molar-refractivity contribution in [1.82, 2.24) is 14.9 Å². The Morgan fingerprint density at radius 2 is 2.00 bits per heavy atom. The molecule has 0 bridgehead atoms. The summed E-state index contributed by atoms with van der Waals surface area (Å²) in [6.07, 6.45) is 3.61. The Bertz CT molecular complexity index is 573. The van der Waals surface area contributed by atoms with Gasteiger partial charge < -0.3 is 9.88 Å². The smallest absolute Gasteiger partial charge is 0.111 e. The molecule has 0 amide bonds. The predicted octanol–water partition coefficient (Wildman–Crippen LogP) is 3.30. The lowest BCUT2D eigenvalue weighted by Gasteiger charge is -2.20. The minimum atomic E-state index is 0.177. The number of aromatic nitrogens is 2. The first-order valence-electron chi connectivity index (χ1n) is 7.25. The second-order valence-electron chi connectivity index (χ2n) is 6.54. The van der Waals surface area contributed by atoms with Gasteiger partial charge in [-0.05, 0) is 45.7 Å². The molecule has 0 aliphatic heterocycles. The van der Waals surface area contributed by atoms with Crippen molar-refractivity contribution in [1.29, 1.82) is 0 Å². The number of imidazole rings is 1. The molecule has 1 aromatic heterocycles. The molecule has 0 unspecified atom stereocenters. The molecule has 0 radical (unpaired) electrons. The van der Waals surface area contributed by atoms with Crippen LogP contribution >= 0.6 is 0 Å². The number of para-hydroxylation sites is 2. The molecule has 3 nitrogen and oxygen atoms in total. The summed E-state index contributed by atoms with van der Waals surface area (Å²) in [5.74, 6) is 1.24. The van der Waals surface area contributed by atoms with Gasteiger partial charge in [0.25, 0.3) is 0 Å². The van der Waals surface area contributed by atoms with Crippen molar-refractivity contribution < 1.29 is 0 Å². The van der Waals surface area contributed by atoms with Crippen molar-refractivity contribution in [2.24, 2.45) is 0 Å². The third kappa shape index (κ3) is 2.81. The van der Waals surface area contributed by atoms with Crippen molar-refractivity contribution in [3.05, 3.63) is 30.1 Å². The molecule has 0 spiro atoms. The molecule has 1 fully saturated rings. The number of benzene rings is 1. The second-order valence-corrected chi connectivity index (χ2v) is 6.54. The Morgan fingerprint density at radius 3 is 2.68 bits per heavy atom. The van der Waals surface area contributed by atoms with E-state index >= 15 is 0 Å². The molecule has 1 aromatic carbocycles. The summed E-state index contributed by atoms with van der Waals surface area (Å²) in [5.41, 5.74) is 2.62. The quantitative estimate of drug-likeness (QED) is 0.910. The van der Waals surface area contributed by atoms with Crippen molar-refractivity contribution >= 4 is 11.0 Å². The first-order valence-corrected chi connectivity index (χ1v) is 7.25. The van der Waals surface area contributed by atoms with Crippen LogP contribution in [0.25, 0.3) is 11.0 Å². The third-order valence-electron chi connectivity index (χ3n) is 3.58. The van der Waals surface area contributed by atoms with E-state index in [-0.39, 0.29) is 5.54 Å². The number of nitrogens with one attached hydrogen (secondary N) is 1.